The van der Waals surface area contributed by atoms with Crippen LogP contribution in [0.1, 0.15) is 18.8 Å². The SMILES string of the molecule is C[C@@H](c1nc2ccccc2c(=O)[nH]1)[NH+]1CCN(c2ccc(F)cc2)CC1. The highest BCUT2D eigenvalue weighted by Crippen LogP contribution is 2.15. The molecule has 0 bridgehead atoms. The Morgan fingerprint density at radius 3 is 2.54 bits per heavy atom. The number of hydrogen-bond acceptors (Lipinski definition) is 3. The molecule has 6 heteroatoms. The standard InChI is InChI=1S/C20H21FN4O/c1-14(19-22-18-5-3-2-4-17(18)20(26)23-19)24-10-12-25(13-11-24)16-8-6-15(21)7-9-16/h2-9,14H,10-13H2,1H3,(H,22,23,26)/p+1/t14-/m0/s1. The second-order valence-electron chi connectivity index (χ2n) is 6.81. The van der Waals surface area contributed by atoms with Gasteiger partial charge in [0.05, 0.1) is 37.1 Å². The molecule has 1 aliphatic rings. The molecule has 3 aromatic rings. The molecule has 0 radical (unpaired) electrons. The molecule has 1 saturated heterocycles. The number of halogens is 1. The van der Waals surface area contributed by atoms with Crippen molar-refractivity contribution in [2.75, 3.05) is 31.1 Å². The summed E-state index contributed by atoms with van der Waals surface area (Å²) in [5, 5.41) is 0.625. The Hall–Kier alpha value is -2.73. The summed E-state index contributed by atoms with van der Waals surface area (Å²) < 4.78 is 13.1. The molecule has 1 aromatic heterocycles. The van der Waals surface area contributed by atoms with Gasteiger partial charge in [-0.15, -0.1) is 0 Å². The second kappa shape index (κ2) is 6.88. The Bertz CT molecular complexity index is 961. The molecule has 0 amide bonds. The van der Waals surface area contributed by atoms with Crippen LogP contribution < -0.4 is 15.4 Å². The van der Waals surface area contributed by atoms with Crippen molar-refractivity contribution in [3.05, 3.63) is 70.5 Å². The largest absolute Gasteiger partial charge is 0.360 e. The number of rotatable bonds is 3. The van der Waals surface area contributed by atoms with E-state index in [4.69, 9.17) is 0 Å². The maximum atomic E-state index is 13.1. The summed E-state index contributed by atoms with van der Waals surface area (Å²) in [4.78, 5) is 23.6. The molecule has 134 valence electrons. The van der Waals surface area contributed by atoms with Gasteiger partial charge in [0.1, 0.15) is 11.9 Å². The molecule has 1 fully saturated rings. The predicted molar refractivity (Wildman–Crippen MR) is 100 cm³/mol. The van der Waals surface area contributed by atoms with Crippen LogP contribution in [0.5, 0.6) is 0 Å². The number of piperazine rings is 1. The Morgan fingerprint density at radius 2 is 1.81 bits per heavy atom. The van der Waals surface area contributed by atoms with Crippen LogP contribution in [0.4, 0.5) is 10.1 Å². The van der Waals surface area contributed by atoms with Crippen molar-refractivity contribution in [3.63, 3.8) is 0 Å². The van der Waals surface area contributed by atoms with Crippen LogP contribution in [-0.4, -0.2) is 36.1 Å². The fraction of sp³-hybridized carbons (Fsp3) is 0.300. The average Bonchev–Trinajstić information content (AvgIpc) is 2.68. The first-order valence-corrected chi connectivity index (χ1v) is 8.96. The van der Waals surface area contributed by atoms with Crippen molar-refractivity contribution in [2.45, 2.75) is 13.0 Å². The van der Waals surface area contributed by atoms with Gasteiger partial charge in [0.2, 0.25) is 0 Å². The van der Waals surface area contributed by atoms with Gasteiger partial charge in [-0.25, -0.2) is 9.37 Å². The molecular weight excluding hydrogens is 331 g/mol. The van der Waals surface area contributed by atoms with Crippen LogP contribution in [-0.2, 0) is 0 Å². The highest BCUT2D eigenvalue weighted by atomic mass is 19.1. The molecular formula is C20H22FN4O+. The van der Waals surface area contributed by atoms with Gasteiger partial charge >= 0.3 is 0 Å². The van der Waals surface area contributed by atoms with E-state index in [0.29, 0.717) is 5.39 Å². The third-order valence-corrected chi connectivity index (χ3v) is 5.25. The summed E-state index contributed by atoms with van der Waals surface area (Å²) in [6.07, 6.45) is 0. The third kappa shape index (κ3) is 3.20. The molecule has 2 heterocycles. The predicted octanol–water partition coefficient (Wildman–Crippen LogP) is 1.53. The highest BCUT2D eigenvalue weighted by Gasteiger charge is 2.27. The second-order valence-corrected chi connectivity index (χ2v) is 6.81. The van der Waals surface area contributed by atoms with Gasteiger partial charge in [0, 0.05) is 5.69 Å². The number of para-hydroxylation sites is 1. The number of fused-ring (bicyclic) bond motifs is 1. The number of H-pyrrole nitrogens is 1. The van der Waals surface area contributed by atoms with Crippen molar-refractivity contribution in [1.82, 2.24) is 9.97 Å². The molecule has 4 rings (SSSR count). The lowest BCUT2D eigenvalue weighted by Crippen LogP contribution is -3.14. The lowest BCUT2D eigenvalue weighted by atomic mass is 10.2. The van der Waals surface area contributed by atoms with Crippen LogP contribution in [0.3, 0.4) is 0 Å². The first-order valence-electron chi connectivity index (χ1n) is 8.96. The van der Waals surface area contributed by atoms with Crippen LogP contribution in [0, 0.1) is 5.82 Å². The Kier molecular flexibility index (Phi) is 4.42. The highest BCUT2D eigenvalue weighted by molar-refractivity contribution is 5.77. The van der Waals surface area contributed by atoms with Crippen LogP contribution in [0.2, 0.25) is 0 Å². The maximum Gasteiger partial charge on any atom is 0.258 e. The molecule has 26 heavy (non-hydrogen) atoms. The summed E-state index contributed by atoms with van der Waals surface area (Å²) in [6.45, 7) is 5.77. The monoisotopic (exact) mass is 353 g/mol. The van der Waals surface area contributed by atoms with E-state index in [9.17, 15) is 9.18 Å². The van der Waals surface area contributed by atoms with E-state index >= 15 is 0 Å². The number of nitrogens with one attached hydrogen (secondary N) is 2. The van der Waals surface area contributed by atoms with Crippen molar-refractivity contribution >= 4 is 16.6 Å². The van der Waals surface area contributed by atoms with Crippen molar-refractivity contribution < 1.29 is 9.29 Å². The molecule has 1 atom stereocenters. The molecule has 1 aliphatic heterocycles. The molecule has 2 N–H and O–H groups in total. The Morgan fingerprint density at radius 1 is 1.12 bits per heavy atom. The number of aromatic nitrogens is 2. The van der Waals surface area contributed by atoms with E-state index in [0.717, 1.165) is 43.2 Å². The van der Waals surface area contributed by atoms with E-state index in [1.807, 2.05) is 30.3 Å². The van der Waals surface area contributed by atoms with Gasteiger partial charge < -0.3 is 14.8 Å². The van der Waals surface area contributed by atoms with Crippen LogP contribution in [0.25, 0.3) is 10.9 Å². The normalized spacial score (nSPS) is 16.8. The minimum Gasteiger partial charge on any atom is -0.360 e. The zero-order valence-electron chi connectivity index (χ0n) is 14.7. The van der Waals surface area contributed by atoms with Gasteiger partial charge in [-0.1, -0.05) is 12.1 Å². The number of benzene rings is 2. The van der Waals surface area contributed by atoms with Crippen molar-refractivity contribution in [2.24, 2.45) is 0 Å². The third-order valence-electron chi connectivity index (χ3n) is 5.25. The number of quaternary nitrogens is 1. The van der Waals surface area contributed by atoms with Gasteiger partial charge in [0.25, 0.3) is 5.56 Å². The molecule has 0 spiro atoms. The summed E-state index contributed by atoms with van der Waals surface area (Å²) in [7, 11) is 0. The lowest BCUT2D eigenvalue weighted by Gasteiger charge is -2.36. The average molecular weight is 353 g/mol. The fourth-order valence-corrected chi connectivity index (χ4v) is 3.64. The van der Waals surface area contributed by atoms with E-state index in [1.54, 1.807) is 6.07 Å². The molecule has 5 nitrogen and oxygen atoms in total. The van der Waals surface area contributed by atoms with Crippen LogP contribution in [0.15, 0.2) is 53.3 Å². The molecule has 0 unspecified atom stereocenters. The summed E-state index contributed by atoms with van der Waals surface area (Å²) in [5.74, 6) is 0.525. The first kappa shape index (κ1) is 16.7. The Labute approximate surface area is 151 Å². The molecule has 0 aliphatic carbocycles. The van der Waals surface area contributed by atoms with E-state index in [-0.39, 0.29) is 17.4 Å². The Balaban J connectivity index is 1.49. The zero-order chi connectivity index (χ0) is 18.1. The van der Waals surface area contributed by atoms with E-state index in [2.05, 4.69) is 21.8 Å². The van der Waals surface area contributed by atoms with Crippen molar-refractivity contribution in [3.8, 4) is 0 Å². The topological polar surface area (TPSA) is 53.4 Å². The number of aromatic amines is 1. The molecule has 2 aromatic carbocycles. The number of hydrogen-bond donors (Lipinski definition) is 2. The van der Waals surface area contributed by atoms with E-state index < -0.39 is 0 Å². The van der Waals surface area contributed by atoms with Crippen molar-refractivity contribution in [1.29, 1.82) is 0 Å². The first-order chi connectivity index (χ1) is 12.6. The zero-order valence-corrected chi connectivity index (χ0v) is 14.7. The number of nitrogens with zero attached hydrogens (tertiary/aromatic N) is 2. The minimum atomic E-state index is -0.210. The van der Waals surface area contributed by atoms with Crippen LogP contribution >= 0.6 is 0 Å². The van der Waals surface area contributed by atoms with Gasteiger partial charge in [-0.3, -0.25) is 4.79 Å². The van der Waals surface area contributed by atoms with Gasteiger partial charge in [0.15, 0.2) is 5.82 Å². The quantitative estimate of drug-likeness (QED) is 0.751. The fourth-order valence-electron chi connectivity index (χ4n) is 3.64. The number of anilines is 1. The molecule has 0 saturated carbocycles. The van der Waals surface area contributed by atoms with Gasteiger partial charge in [-0.2, -0.15) is 0 Å². The lowest BCUT2D eigenvalue weighted by molar-refractivity contribution is -0.930. The minimum absolute atomic E-state index is 0.0817. The summed E-state index contributed by atoms with van der Waals surface area (Å²) >= 11 is 0. The smallest absolute Gasteiger partial charge is 0.258 e. The summed E-state index contributed by atoms with van der Waals surface area (Å²) in [6, 6.07) is 14.2. The van der Waals surface area contributed by atoms with E-state index in [1.165, 1.54) is 17.0 Å². The summed E-state index contributed by atoms with van der Waals surface area (Å²) in [5.41, 5.74) is 1.71. The van der Waals surface area contributed by atoms with Gasteiger partial charge in [-0.05, 0) is 43.3 Å². The maximum absolute atomic E-state index is 13.1.